The number of ether oxygens (including phenoxy) is 5. The molecule has 0 spiro atoms. The summed E-state index contributed by atoms with van der Waals surface area (Å²) in [5, 5.41) is 5.71. The molecule has 0 saturated heterocycles. The number of methoxy groups -OCH3 is 1. The van der Waals surface area contributed by atoms with Crippen LogP contribution in [0, 0.1) is 5.92 Å². The van der Waals surface area contributed by atoms with Gasteiger partial charge in [-0.15, -0.1) is 0 Å². The second-order valence-electron chi connectivity index (χ2n) is 14.3. The summed E-state index contributed by atoms with van der Waals surface area (Å²) in [5.41, 5.74) is 4.91. The highest BCUT2D eigenvalue weighted by atomic mass is 35.5. The Bertz CT molecular complexity index is 1360. The van der Waals surface area contributed by atoms with Gasteiger partial charge in [-0.2, -0.15) is 0 Å². The molecule has 3 rings (SSSR count). The number of alkyl carbamates (subject to hydrolysis) is 2. The first-order valence-corrected chi connectivity index (χ1v) is 15.0. The van der Waals surface area contributed by atoms with Crippen molar-refractivity contribution < 1.29 is 42.9 Å². The Hall–Kier alpha value is -2.84. The molecule has 2 aliphatic carbocycles. The van der Waals surface area contributed by atoms with Gasteiger partial charge in [0.25, 0.3) is 0 Å². The van der Waals surface area contributed by atoms with Gasteiger partial charge in [0.15, 0.2) is 5.54 Å². The molecule has 252 valence electrons. The molecule has 2 amide bonds. The molecule has 0 radical (unpaired) electrons. The lowest BCUT2D eigenvalue weighted by molar-refractivity contribution is -0.175. The first kappa shape index (κ1) is 36.6. The third-order valence-electron chi connectivity index (χ3n) is 7.40. The average molecular weight is 676 g/mol. The zero-order valence-corrected chi connectivity index (χ0v) is 28.8. The lowest BCUT2D eigenvalue weighted by Crippen LogP contribution is -2.74. The molecule has 15 heteroatoms. The Kier molecular flexibility index (Phi) is 9.82. The molecule has 6 N–H and O–H groups in total. The van der Waals surface area contributed by atoms with Gasteiger partial charge >= 0.3 is 24.1 Å². The Balaban J connectivity index is 2.31. The van der Waals surface area contributed by atoms with Crippen molar-refractivity contribution in [3.8, 4) is 0 Å². The molecule has 0 heterocycles. The molecular weight excluding hydrogens is 631 g/mol. The molecule has 2 fully saturated rings. The van der Waals surface area contributed by atoms with Gasteiger partial charge in [0, 0.05) is 0 Å². The second kappa shape index (κ2) is 12.1. The summed E-state index contributed by atoms with van der Waals surface area (Å²) in [6.45, 7) is 14.4. The van der Waals surface area contributed by atoms with Crippen LogP contribution in [0.4, 0.5) is 9.59 Å². The summed E-state index contributed by atoms with van der Waals surface area (Å²) in [7, 11) is 1.12. The van der Waals surface area contributed by atoms with E-state index in [1.165, 1.54) is 0 Å². The highest BCUT2D eigenvalue weighted by molar-refractivity contribution is 6.42. The predicted octanol–water partition coefficient (Wildman–Crippen LogP) is 3.59. The van der Waals surface area contributed by atoms with E-state index in [-0.39, 0.29) is 11.6 Å². The fourth-order valence-corrected chi connectivity index (χ4v) is 6.10. The summed E-state index contributed by atoms with van der Waals surface area (Å²) < 4.78 is 28.2. The van der Waals surface area contributed by atoms with Crippen LogP contribution >= 0.6 is 23.2 Å². The van der Waals surface area contributed by atoms with Gasteiger partial charge in [-0.25, -0.2) is 14.4 Å². The predicted molar refractivity (Wildman–Crippen MR) is 165 cm³/mol. The maximum absolute atomic E-state index is 14.5. The number of halogens is 2. The van der Waals surface area contributed by atoms with E-state index in [0.29, 0.717) is 10.6 Å². The van der Waals surface area contributed by atoms with E-state index in [1.54, 1.807) is 80.5 Å². The van der Waals surface area contributed by atoms with Crippen LogP contribution in [-0.4, -0.2) is 76.8 Å². The second-order valence-corrected chi connectivity index (χ2v) is 15.1. The quantitative estimate of drug-likeness (QED) is 0.244. The maximum Gasteiger partial charge on any atom is 0.408 e. The Morgan fingerprint density at radius 2 is 1.40 bits per heavy atom. The van der Waals surface area contributed by atoms with Crippen LogP contribution < -0.4 is 22.1 Å². The van der Waals surface area contributed by atoms with Crippen molar-refractivity contribution >= 4 is 47.3 Å². The molecule has 2 aliphatic rings. The number of nitrogens with two attached hydrogens (primary N) is 2. The Labute approximate surface area is 273 Å². The van der Waals surface area contributed by atoms with Gasteiger partial charge in [0.1, 0.15) is 28.8 Å². The highest BCUT2D eigenvalue weighted by Gasteiger charge is 2.96. The van der Waals surface area contributed by atoms with Gasteiger partial charge in [-0.3, -0.25) is 4.79 Å². The summed E-state index contributed by atoms with van der Waals surface area (Å²) in [6.07, 6.45) is -3.61. The van der Waals surface area contributed by atoms with E-state index in [9.17, 15) is 19.2 Å². The number of fused-ring (bicyclic) bond motifs is 1. The number of rotatable bonds is 7. The lowest BCUT2D eigenvalue weighted by Gasteiger charge is -2.43. The standard InChI is InChI=1S/C30H44Cl2N4O9/c1-25(2,3)43-21(37)18-28(33)19(35-23(39)41-10)20(42-14-15-11-12-16(31)17(32)13-15)29(30(18,28)34,22(38)44-26(4,5)6)36-24(40)45-27(7,8)9/h11-13,18-20H,14,33-34H2,1-10H3,(H,35,39)(H,36,40)/t18-,19+,20+,28-,29+,30-/m0/s1. The molecule has 1 aromatic rings. The summed E-state index contributed by atoms with van der Waals surface area (Å²) in [5.74, 6) is -3.40. The molecule has 0 bridgehead atoms. The number of nitrogens with one attached hydrogen (secondary N) is 2. The molecule has 2 saturated carbocycles. The van der Waals surface area contributed by atoms with Crippen molar-refractivity contribution in [3.05, 3.63) is 33.8 Å². The molecule has 1 aromatic carbocycles. The number of carbonyl (C=O) groups excluding carboxylic acids is 4. The van der Waals surface area contributed by atoms with E-state index < -0.39 is 75.6 Å². The molecule has 0 aliphatic heterocycles. The van der Waals surface area contributed by atoms with Gasteiger partial charge in [-0.1, -0.05) is 29.3 Å². The maximum atomic E-state index is 14.5. The largest absolute Gasteiger partial charge is 0.460 e. The first-order valence-electron chi connectivity index (χ1n) is 14.3. The first-order chi connectivity index (χ1) is 20.3. The molecule has 0 aromatic heterocycles. The fraction of sp³-hybridized carbons (Fsp3) is 0.667. The van der Waals surface area contributed by atoms with Crippen LogP contribution in [0.25, 0.3) is 0 Å². The normalized spacial score (nSPS) is 29.2. The summed E-state index contributed by atoms with van der Waals surface area (Å²) in [6, 6.07) is 3.30. The van der Waals surface area contributed by atoms with Gasteiger partial charge in [-0.05, 0) is 80.0 Å². The zero-order chi connectivity index (χ0) is 34.6. The minimum atomic E-state index is -2.43. The van der Waals surface area contributed by atoms with Crippen molar-refractivity contribution in [2.24, 2.45) is 17.4 Å². The van der Waals surface area contributed by atoms with Crippen molar-refractivity contribution in [2.75, 3.05) is 7.11 Å². The third kappa shape index (κ3) is 6.97. The Morgan fingerprint density at radius 1 is 0.844 bits per heavy atom. The smallest absolute Gasteiger partial charge is 0.408 e. The number of hydrogen-bond acceptors (Lipinski definition) is 11. The van der Waals surface area contributed by atoms with Crippen molar-refractivity contribution in [1.29, 1.82) is 0 Å². The third-order valence-corrected chi connectivity index (χ3v) is 8.14. The van der Waals surface area contributed by atoms with Crippen molar-refractivity contribution in [3.63, 3.8) is 0 Å². The molecule has 0 unspecified atom stereocenters. The minimum Gasteiger partial charge on any atom is -0.460 e. The van der Waals surface area contributed by atoms with Crippen LogP contribution in [0.15, 0.2) is 18.2 Å². The van der Waals surface area contributed by atoms with E-state index in [1.807, 2.05) is 0 Å². The van der Waals surface area contributed by atoms with Crippen LogP contribution in [-0.2, 0) is 39.9 Å². The zero-order valence-electron chi connectivity index (χ0n) is 27.3. The molecular formula is C30H44Cl2N4O9. The topological polar surface area (TPSA) is 191 Å². The van der Waals surface area contributed by atoms with Crippen LogP contribution in [0.5, 0.6) is 0 Å². The molecule has 45 heavy (non-hydrogen) atoms. The van der Waals surface area contributed by atoms with Gasteiger partial charge < -0.3 is 45.8 Å². The van der Waals surface area contributed by atoms with E-state index in [4.69, 9.17) is 58.4 Å². The van der Waals surface area contributed by atoms with Crippen molar-refractivity contribution in [1.82, 2.24) is 10.6 Å². The van der Waals surface area contributed by atoms with Crippen molar-refractivity contribution in [2.45, 2.75) is 114 Å². The summed E-state index contributed by atoms with van der Waals surface area (Å²) in [4.78, 5) is 54.5. The number of carbonyl (C=O) groups is 4. The SMILES string of the molecule is COC(=O)N[C@@H]1[C@@H](OCc2ccc(Cl)c(Cl)c2)[C@@](NC(=O)OC(C)(C)C)(C(=O)OC(C)(C)C)[C@]2(N)[C@@H](C(=O)OC(C)(C)C)[C@]12N. The van der Waals surface area contributed by atoms with E-state index in [2.05, 4.69) is 10.6 Å². The van der Waals surface area contributed by atoms with Crippen LogP contribution in [0.1, 0.15) is 67.9 Å². The number of benzene rings is 1. The molecule has 13 nitrogen and oxygen atoms in total. The Morgan fingerprint density at radius 3 is 1.89 bits per heavy atom. The van der Waals surface area contributed by atoms with Gasteiger partial charge in [0.05, 0.1) is 40.9 Å². The lowest BCUT2D eigenvalue weighted by atomic mass is 9.81. The average Bonchev–Trinajstić information content (AvgIpc) is 3.32. The van der Waals surface area contributed by atoms with E-state index >= 15 is 0 Å². The number of hydrogen-bond donors (Lipinski definition) is 4. The number of esters is 2. The summed E-state index contributed by atoms with van der Waals surface area (Å²) >= 11 is 12.3. The fourth-order valence-electron chi connectivity index (χ4n) is 5.78. The highest BCUT2D eigenvalue weighted by Crippen LogP contribution is 2.67. The minimum absolute atomic E-state index is 0.231. The van der Waals surface area contributed by atoms with Crippen LogP contribution in [0.2, 0.25) is 10.0 Å². The number of amides is 2. The monoisotopic (exact) mass is 674 g/mol. The van der Waals surface area contributed by atoms with E-state index in [0.717, 1.165) is 7.11 Å². The molecule has 6 atom stereocenters. The van der Waals surface area contributed by atoms with Crippen LogP contribution in [0.3, 0.4) is 0 Å². The van der Waals surface area contributed by atoms with Gasteiger partial charge in [0.2, 0.25) is 0 Å².